The van der Waals surface area contributed by atoms with Gasteiger partial charge in [0.1, 0.15) is 0 Å². The van der Waals surface area contributed by atoms with Crippen molar-refractivity contribution < 1.29 is 0 Å². The van der Waals surface area contributed by atoms with Gasteiger partial charge in [-0.05, 0) is 33.4 Å². The average Bonchev–Trinajstić information content (AvgIpc) is 2.30. The van der Waals surface area contributed by atoms with Gasteiger partial charge in [-0.25, -0.2) is 0 Å². The van der Waals surface area contributed by atoms with Gasteiger partial charge in [0.05, 0.1) is 0 Å². The first-order chi connectivity index (χ1) is 7.29. The Bertz CT molecular complexity index is 187. The zero-order valence-corrected chi connectivity index (χ0v) is 10.2. The molecule has 1 aliphatic heterocycles. The molecule has 2 atom stereocenters. The molecule has 1 heterocycles. The highest BCUT2D eigenvalue weighted by molar-refractivity contribution is 4.85. The molecule has 0 bridgehead atoms. The highest BCUT2D eigenvalue weighted by atomic mass is 15.3. The molecule has 1 saturated heterocycles. The van der Waals surface area contributed by atoms with E-state index in [2.05, 4.69) is 29.2 Å². The molecule has 0 aromatic heterocycles. The predicted octanol–water partition coefficient (Wildman–Crippen LogP) is 0.764. The Kier molecular flexibility index (Phi) is 4.00. The van der Waals surface area contributed by atoms with Crippen molar-refractivity contribution in [2.24, 2.45) is 0 Å². The number of piperazine rings is 1. The van der Waals surface area contributed by atoms with E-state index < -0.39 is 0 Å². The van der Waals surface area contributed by atoms with Crippen LogP contribution >= 0.6 is 0 Å². The Morgan fingerprint density at radius 1 is 1.07 bits per heavy atom. The molecule has 3 heteroatoms. The van der Waals surface area contributed by atoms with Crippen LogP contribution in [0.25, 0.3) is 0 Å². The second-order valence-corrected chi connectivity index (χ2v) is 5.15. The lowest BCUT2D eigenvalue weighted by Crippen LogP contribution is -2.51. The SMILES string of the molecule is CN[C@@H]1CCCC(N2CCN(C)CC2)C1. The maximum Gasteiger partial charge on any atom is 0.0113 e. The van der Waals surface area contributed by atoms with Crippen LogP contribution in [0.3, 0.4) is 0 Å². The minimum absolute atomic E-state index is 0.767. The molecule has 0 spiro atoms. The molecule has 0 aromatic carbocycles. The van der Waals surface area contributed by atoms with E-state index in [9.17, 15) is 0 Å². The lowest BCUT2D eigenvalue weighted by molar-refractivity contribution is 0.0837. The molecule has 2 fully saturated rings. The topological polar surface area (TPSA) is 18.5 Å². The number of hydrogen-bond acceptors (Lipinski definition) is 3. The molecule has 1 aliphatic carbocycles. The van der Waals surface area contributed by atoms with E-state index in [0.29, 0.717) is 0 Å². The summed E-state index contributed by atoms with van der Waals surface area (Å²) >= 11 is 0. The summed E-state index contributed by atoms with van der Waals surface area (Å²) in [6.45, 7) is 5.05. The maximum atomic E-state index is 3.44. The summed E-state index contributed by atoms with van der Waals surface area (Å²) in [5.74, 6) is 0. The van der Waals surface area contributed by atoms with E-state index in [1.807, 2.05) is 0 Å². The molecule has 1 unspecified atom stereocenters. The third kappa shape index (κ3) is 2.92. The molecular weight excluding hydrogens is 186 g/mol. The smallest absolute Gasteiger partial charge is 0.0113 e. The molecule has 2 aliphatic rings. The fourth-order valence-electron chi connectivity index (χ4n) is 2.94. The quantitative estimate of drug-likeness (QED) is 0.728. The predicted molar refractivity (Wildman–Crippen MR) is 64.2 cm³/mol. The van der Waals surface area contributed by atoms with Gasteiger partial charge in [0.2, 0.25) is 0 Å². The Balaban J connectivity index is 1.82. The largest absolute Gasteiger partial charge is 0.317 e. The lowest BCUT2D eigenvalue weighted by atomic mass is 9.89. The molecule has 0 amide bonds. The molecule has 3 nitrogen and oxygen atoms in total. The molecule has 88 valence electrons. The summed E-state index contributed by atoms with van der Waals surface area (Å²) in [5.41, 5.74) is 0. The number of hydrogen-bond donors (Lipinski definition) is 1. The van der Waals surface area contributed by atoms with Crippen LogP contribution in [0.15, 0.2) is 0 Å². The summed E-state index contributed by atoms with van der Waals surface area (Å²) < 4.78 is 0. The van der Waals surface area contributed by atoms with Gasteiger partial charge in [0.25, 0.3) is 0 Å². The van der Waals surface area contributed by atoms with E-state index in [4.69, 9.17) is 0 Å². The third-order valence-corrected chi connectivity index (χ3v) is 4.11. The molecule has 1 N–H and O–H groups in total. The van der Waals surface area contributed by atoms with Crippen molar-refractivity contribution in [2.45, 2.75) is 37.8 Å². The average molecular weight is 211 g/mol. The highest BCUT2D eigenvalue weighted by Crippen LogP contribution is 2.23. The second-order valence-electron chi connectivity index (χ2n) is 5.15. The number of likely N-dealkylation sites (N-methyl/N-ethyl adjacent to an activating group) is 1. The van der Waals surface area contributed by atoms with Crippen molar-refractivity contribution in [2.75, 3.05) is 40.3 Å². The van der Waals surface area contributed by atoms with Crippen LogP contribution in [0.1, 0.15) is 25.7 Å². The molecular formula is C12H25N3. The van der Waals surface area contributed by atoms with Crippen molar-refractivity contribution in [3.05, 3.63) is 0 Å². The van der Waals surface area contributed by atoms with Gasteiger partial charge in [-0.15, -0.1) is 0 Å². The fourth-order valence-corrected chi connectivity index (χ4v) is 2.94. The van der Waals surface area contributed by atoms with Crippen LogP contribution in [0.4, 0.5) is 0 Å². The Labute approximate surface area is 93.8 Å². The Morgan fingerprint density at radius 2 is 1.80 bits per heavy atom. The first-order valence-electron chi connectivity index (χ1n) is 6.39. The summed E-state index contributed by atoms with van der Waals surface area (Å²) in [6, 6.07) is 1.62. The van der Waals surface area contributed by atoms with Crippen LogP contribution in [0.5, 0.6) is 0 Å². The minimum Gasteiger partial charge on any atom is -0.317 e. The Morgan fingerprint density at radius 3 is 2.47 bits per heavy atom. The monoisotopic (exact) mass is 211 g/mol. The summed E-state index contributed by atoms with van der Waals surface area (Å²) in [6.07, 6.45) is 5.56. The third-order valence-electron chi connectivity index (χ3n) is 4.11. The van der Waals surface area contributed by atoms with Crippen LogP contribution in [0.2, 0.25) is 0 Å². The summed E-state index contributed by atoms with van der Waals surface area (Å²) in [5, 5.41) is 3.44. The van der Waals surface area contributed by atoms with E-state index in [0.717, 1.165) is 12.1 Å². The first kappa shape index (κ1) is 11.4. The van der Waals surface area contributed by atoms with Crippen LogP contribution in [-0.4, -0.2) is 62.2 Å². The minimum atomic E-state index is 0.767. The van der Waals surface area contributed by atoms with Gasteiger partial charge in [-0.1, -0.05) is 6.42 Å². The van der Waals surface area contributed by atoms with Gasteiger partial charge in [0, 0.05) is 38.3 Å². The molecule has 1 saturated carbocycles. The highest BCUT2D eigenvalue weighted by Gasteiger charge is 2.27. The van der Waals surface area contributed by atoms with E-state index in [1.54, 1.807) is 0 Å². The number of nitrogens with one attached hydrogen (secondary N) is 1. The summed E-state index contributed by atoms with van der Waals surface area (Å²) in [4.78, 5) is 5.15. The first-order valence-corrected chi connectivity index (χ1v) is 6.39. The fraction of sp³-hybridized carbons (Fsp3) is 1.00. The zero-order chi connectivity index (χ0) is 10.7. The standard InChI is InChI=1S/C12H25N3/c1-13-11-4-3-5-12(10-11)15-8-6-14(2)7-9-15/h11-13H,3-10H2,1-2H3/t11-,12?/m1/s1. The molecule has 0 radical (unpaired) electrons. The second kappa shape index (κ2) is 5.28. The van der Waals surface area contributed by atoms with Crippen molar-refractivity contribution in [3.8, 4) is 0 Å². The summed E-state index contributed by atoms with van der Waals surface area (Å²) in [7, 11) is 4.34. The number of nitrogens with zero attached hydrogens (tertiary/aromatic N) is 2. The van der Waals surface area contributed by atoms with E-state index in [1.165, 1.54) is 51.9 Å². The molecule has 0 aromatic rings. The van der Waals surface area contributed by atoms with Gasteiger partial charge < -0.3 is 10.2 Å². The van der Waals surface area contributed by atoms with Crippen molar-refractivity contribution >= 4 is 0 Å². The van der Waals surface area contributed by atoms with Gasteiger partial charge in [-0.2, -0.15) is 0 Å². The van der Waals surface area contributed by atoms with E-state index >= 15 is 0 Å². The van der Waals surface area contributed by atoms with Crippen LogP contribution in [0, 0.1) is 0 Å². The van der Waals surface area contributed by atoms with E-state index in [-0.39, 0.29) is 0 Å². The molecule has 2 rings (SSSR count). The zero-order valence-electron chi connectivity index (χ0n) is 10.2. The van der Waals surface area contributed by atoms with Gasteiger partial charge >= 0.3 is 0 Å². The Hall–Kier alpha value is -0.120. The van der Waals surface area contributed by atoms with Crippen LogP contribution < -0.4 is 5.32 Å². The number of rotatable bonds is 2. The van der Waals surface area contributed by atoms with Gasteiger partial charge in [0.15, 0.2) is 0 Å². The van der Waals surface area contributed by atoms with Crippen molar-refractivity contribution in [1.82, 2.24) is 15.1 Å². The molecule has 15 heavy (non-hydrogen) atoms. The normalized spacial score (nSPS) is 35.6. The van der Waals surface area contributed by atoms with Crippen molar-refractivity contribution in [1.29, 1.82) is 0 Å². The van der Waals surface area contributed by atoms with Gasteiger partial charge in [-0.3, -0.25) is 4.90 Å². The lowest BCUT2D eigenvalue weighted by Gasteiger charge is -2.41. The maximum absolute atomic E-state index is 3.44. The van der Waals surface area contributed by atoms with Crippen molar-refractivity contribution in [3.63, 3.8) is 0 Å². The van der Waals surface area contributed by atoms with Crippen LogP contribution in [-0.2, 0) is 0 Å².